The van der Waals surface area contributed by atoms with E-state index in [-0.39, 0.29) is 23.3 Å². The highest BCUT2D eigenvalue weighted by Crippen LogP contribution is 2.25. The van der Waals surface area contributed by atoms with Gasteiger partial charge in [0.05, 0.1) is 11.3 Å². The third kappa shape index (κ3) is 3.57. The lowest BCUT2D eigenvalue weighted by Gasteiger charge is -2.16. The summed E-state index contributed by atoms with van der Waals surface area (Å²) in [6.07, 6.45) is 0. The molecule has 0 aliphatic rings. The zero-order valence-corrected chi connectivity index (χ0v) is 12.1. The SMILES string of the molecule is CC(C)C(C)C(=O)Nc1ccc(C(=O)O)cc1Br. The second-order valence-electron chi connectivity index (χ2n) is 4.52. The number of hydrogen-bond acceptors (Lipinski definition) is 2. The number of carbonyl (C=O) groups excluding carboxylic acids is 1. The van der Waals surface area contributed by atoms with Crippen LogP contribution in [0.4, 0.5) is 5.69 Å². The van der Waals surface area contributed by atoms with Crippen LogP contribution in [-0.2, 0) is 4.79 Å². The van der Waals surface area contributed by atoms with E-state index in [1.807, 2.05) is 20.8 Å². The van der Waals surface area contributed by atoms with Crippen LogP contribution in [0.5, 0.6) is 0 Å². The average Bonchev–Trinajstić information content (AvgIpc) is 2.30. The van der Waals surface area contributed by atoms with Gasteiger partial charge in [-0.2, -0.15) is 0 Å². The second-order valence-corrected chi connectivity index (χ2v) is 5.38. The van der Waals surface area contributed by atoms with E-state index in [0.29, 0.717) is 10.2 Å². The number of aromatic carboxylic acids is 1. The molecular formula is C13H16BrNO3. The summed E-state index contributed by atoms with van der Waals surface area (Å²) in [6.45, 7) is 5.82. The Morgan fingerprint density at radius 2 is 1.89 bits per heavy atom. The molecule has 0 fully saturated rings. The van der Waals surface area contributed by atoms with Crippen LogP contribution in [0.25, 0.3) is 0 Å². The minimum Gasteiger partial charge on any atom is -0.478 e. The van der Waals surface area contributed by atoms with Crippen LogP contribution in [0, 0.1) is 11.8 Å². The van der Waals surface area contributed by atoms with Crippen molar-refractivity contribution in [3.8, 4) is 0 Å². The Hall–Kier alpha value is -1.36. The van der Waals surface area contributed by atoms with Gasteiger partial charge in [-0.25, -0.2) is 4.79 Å². The Morgan fingerprint density at radius 1 is 1.28 bits per heavy atom. The zero-order valence-electron chi connectivity index (χ0n) is 10.5. The molecule has 0 radical (unpaired) electrons. The number of carboxylic acid groups (broad SMARTS) is 1. The maximum Gasteiger partial charge on any atom is 0.335 e. The molecule has 1 atom stereocenters. The van der Waals surface area contributed by atoms with Gasteiger partial charge in [-0.1, -0.05) is 20.8 Å². The third-order valence-corrected chi connectivity index (χ3v) is 3.54. The maximum atomic E-state index is 11.9. The van der Waals surface area contributed by atoms with E-state index in [1.54, 1.807) is 6.07 Å². The first-order valence-electron chi connectivity index (χ1n) is 5.66. The summed E-state index contributed by atoms with van der Waals surface area (Å²) in [5.74, 6) is -0.920. The molecule has 0 aliphatic heterocycles. The van der Waals surface area contributed by atoms with Crippen LogP contribution in [0.15, 0.2) is 22.7 Å². The van der Waals surface area contributed by atoms with E-state index in [2.05, 4.69) is 21.2 Å². The normalized spacial score (nSPS) is 12.3. The molecule has 0 bridgehead atoms. The number of hydrogen-bond donors (Lipinski definition) is 2. The maximum absolute atomic E-state index is 11.9. The van der Waals surface area contributed by atoms with E-state index in [0.717, 1.165) is 0 Å². The van der Waals surface area contributed by atoms with E-state index in [4.69, 9.17) is 5.11 Å². The van der Waals surface area contributed by atoms with Gasteiger partial charge in [-0.05, 0) is 40.0 Å². The van der Waals surface area contributed by atoms with E-state index >= 15 is 0 Å². The van der Waals surface area contributed by atoms with Crippen LogP contribution in [0.1, 0.15) is 31.1 Å². The van der Waals surface area contributed by atoms with Crippen LogP contribution < -0.4 is 5.32 Å². The first kappa shape index (κ1) is 14.7. The van der Waals surface area contributed by atoms with Gasteiger partial charge in [0.15, 0.2) is 0 Å². The van der Waals surface area contributed by atoms with Crippen LogP contribution >= 0.6 is 15.9 Å². The molecule has 1 aromatic carbocycles. The Morgan fingerprint density at radius 3 is 2.33 bits per heavy atom. The quantitative estimate of drug-likeness (QED) is 0.895. The molecule has 5 heteroatoms. The van der Waals surface area contributed by atoms with E-state index in [1.165, 1.54) is 12.1 Å². The molecule has 0 saturated carbocycles. The van der Waals surface area contributed by atoms with Gasteiger partial charge < -0.3 is 10.4 Å². The summed E-state index contributed by atoms with van der Waals surface area (Å²) in [5.41, 5.74) is 0.759. The number of carbonyl (C=O) groups is 2. The molecule has 1 rings (SSSR count). The molecule has 18 heavy (non-hydrogen) atoms. The van der Waals surface area contributed by atoms with Crippen molar-refractivity contribution < 1.29 is 14.7 Å². The van der Waals surface area contributed by atoms with Crippen LogP contribution in [0.2, 0.25) is 0 Å². The summed E-state index contributed by atoms with van der Waals surface area (Å²) in [5, 5.41) is 11.6. The molecule has 1 amide bonds. The number of nitrogens with one attached hydrogen (secondary N) is 1. The molecule has 1 unspecified atom stereocenters. The third-order valence-electron chi connectivity index (χ3n) is 2.89. The minimum absolute atomic E-state index is 0.0752. The monoisotopic (exact) mass is 313 g/mol. The molecule has 0 heterocycles. The molecule has 0 aromatic heterocycles. The fourth-order valence-corrected chi connectivity index (χ4v) is 1.78. The molecule has 2 N–H and O–H groups in total. The Kier molecular flexibility index (Phi) is 4.90. The van der Waals surface area contributed by atoms with Gasteiger partial charge in [-0.3, -0.25) is 4.79 Å². The summed E-state index contributed by atoms with van der Waals surface area (Å²) in [7, 11) is 0. The predicted octanol–water partition coefficient (Wildman–Crippen LogP) is 3.38. The van der Waals surface area contributed by atoms with Gasteiger partial charge in [-0.15, -0.1) is 0 Å². The highest BCUT2D eigenvalue weighted by molar-refractivity contribution is 9.10. The van der Waals surface area contributed by atoms with Gasteiger partial charge >= 0.3 is 5.97 Å². The Balaban J connectivity index is 2.86. The lowest BCUT2D eigenvalue weighted by Crippen LogP contribution is -2.24. The highest BCUT2D eigenvalue weighted by atomic mass is 79.9. The molecule has 0 aliphatic carbocycles. The number of halogens is 1. The Labute approximate surface area is 115 Å². The van der Waals surface area contributed by atoms with Crippen molar-refractivity contribution >= 4 is 33.5 Å². The number of benzene rings is 1. The van der Waals surface area contributed by atoms with Crippen LogP contribution in [-0.4, -0.2) is 17.0 Å². The zero-order chi connectivity index (χ0) is 13.9. The fourth-order valence-electron chi connectivity index (χ4n) is 1.30. The largest absolute Gasteiger partial charge is 0.478 e. The molecule has 1 aromatic rings. The predicted molar refractivity (Wildman–Crippen MR) is 73.7 cm³/mol. The Bertz CT molecular complexity index is 471. The average molecular weight is 314 g/mol. The molecule has 0 saturated heterocycles. The first-order chi connectivity index (χ1) is 8.32. The molecule has 0 spiro atoms. The summed E-state index contributed by atoms with van der Waals surface area (Å²) in [6, 6.07) is 4.51. The van der Waals surface area contributed by atoms with Crippen molar-refractivity contribution in [2.75, 3.05) is 5.32 Å². The topological polar surface area (TPSA) is 66.4 Å². The van der Waals surface area contributed by atoms with Gasteiger partial charge in [0, 0.05) is 10.4 Å². The number of anilines is 1. The summed E-state index contributed by atoms with van der Waals surface area (Å²) in [4.78, 5) is 22.7. The number of amides is 1. The summed E-state index contributed by atoms with van der Waals surface area (Å²) >= 11 is 3.25. The first-order valence-corrected chi connectivity index (χ1v) is 6.46. The van der Waals surface area contributed by atoms with Gasteiger partial charge in [0.25, 0.3) is 0 Å². The molecule has 98 valence electrons. The highest BCUT2D eigenvalue weighted by Gasteiger charge is 2.17. The van der Waals surface area contributed by atoms with Crippen molar-refractivity contribution in [2.24, 2.45) is 11.8 Å². The van der Waals surface area contributed by atoms with Crippen LogP contribution in [0.3, 0.4) is 0 Å². The van der Waals surface area contributed by atoms with E-state index < -0.39 is 5.97 Å². The lowest BCUT2D eigenvalue weighted by molar-refractivity contribution is -0.120. The van der Waals surface area contributed by atoms with Gasteiger partial charge in [0.2, 0.25) is 5.91 Å². The lowest BCUT2D eigenvalue weighted by atomic mass is 9.97. The van der Waals surface area contributed by atoms with Crippen molar-refractivity contribution in [2.45, 2.75) is 20.8 Å². The molecular weight excluding hydrogens is 298 g/mol. The number of rotatable bonds is 4. The summed E-state index contributed by atoms with van der Waals surface area (Å²) < 4.78 is 0.562. The van der Waals surface area contributed by atoms with Gasteiger partial charge in [0.1, 0.15) is 0 Å². The van der Waals surface area contributed by atoms with Crippen molar-refractivity contribution in [3.05, 3.63) is 28.2 Å². The van der Waals surface area contributed by atoms with E-state index in [9.17, 15) is 9.59 Å². The fraction of sp³-hybridized carbons (Fsp3) is 0.385. The van der Waals surface area contributed by atoms with Crippen molar-refractivity contribution in [3.63, 3.8) is 0 Å². The smallest absolute Gasteiger partial charge is 0.335 e. The van der Waals surface area contributed by atoms with Crippen molar-refractivity contribution in [1.82, 2.24) is 0 Å². The molecule has 4 nitrogen and oxygen atoms in total. The number of carboxylic acids is 1. The minimum atomic E-state index is -0.996. The standard InChI is InChI=1S/C13H16BrNO3/c1-7(2)8(3)12(16)15-11-5-4-9(13(17)18)6-10(11)14/h4-8H,1-3H3,(H,15,16)(H,17,18). The van der Waals surface area contributed by atoms with Crippen molar-refractivity contribution in [1.29, 1.82) is 0 Å². The second kappa shape index (κ2) is 6.00.